The van der Waals surface area contributed by atoms with Crippen LogP contribution in [0.15, 0.2) is 0 Å². The highest BCUT2D eigenvalue weighted by Crippen LogP contribution is 2.21. The largest absolute Gasteiger partial charge is 0.481 e. The Kier molecular flexibility index (Phi) is 15.7. The van der Waals surface area contributed by atoms with Gasteiger partial charge in [0.2, 0.25) is 0 Å². The van der Waals surface area contributed by atoms with Crippen molar-refractivity contribution >= 4 is 11.9 Å². The molecule has 148 valence electrons. The number of carboxylic acid groups (broad SMARTS) is 2. The van der Waals surface area contributed by atoms with Gasteiger partial charge < -0.3 is 10.2 Å². The molecule has 0 aromatic rings. The van der Waals surface area contributed by atoms with Crippen LogP contribution in [0.5, 0.6) is 0 Å². The molecule has 0 aliphatic heterocycles. The minimum atomic E-state index is -1.02. The fraction of sp³-hybridized carbons (Fsp3) is 0.905. The van der Waals surface area contributed by atoms with Crippen molar-refractivity contribution in [3.63, 3.8) is 0 Å². The molecule has 0 aromatic carbocycles. The third-order valence-electron chi connectivity index (χ3n) is 5.18. The molecule has 0 aromatic heterocycles. The van der Waals surface area contributed by atoms with Crippen LogP contribution in [-0.4, -0.2) is 22.2 Å². The summed E-state index contributed by atoms with van der Waals surface area (Å²) in [6.07, 6.45) is 18.2. The molecule has 0 fully saturated rings. The highest BCUT2D eigenvalue weighted by atomic mass is 16.4. The zero-order valence-electron chi connectivity index (χ0n) is 16.5. The SMILES string of the molecule is CCCCCCCCCCCCCCCCC(C(=O)O)C(C)C(=O)O. The molecule has 0 bridgehead atoms. The number of unbranched alkanes of at least 4 members (excludes halogenated alkanes) is 13. The molecule has 0 saturated carbocycles. The third-order valence-corrected chi connectivity index (χ3v) is 5.18. The van der Waals surface area contributed by atoms with E-state index in [-0.39, 0.29) is 0 Å². The number of carbonyl (C=O) groups is 2. The first-order chi connectivity index (χ1) is 12.0. The van der Waals surface area contributed by atoms with Crippen molar-refractivity contribution in [3.8, 4) is 0 Å². The number of hydrogen-bond donors (Lipinski definition) is 2. The molecule has 2 unspecified atom stereocenters. The Labute approximate surface area is 154 Å². The third kappa shape index (κ3) is 13.9. The summed E-state index contributed by atoms with van der Waals surface area (Å²) in [7, 11) is 0. The lowest BCUT2D eigenvalue weighted by Gasteiger charge is -2.16. The van der Waals surface area contributed by atoms with Crippen LogP contribution in [0, 0.1) is 11.8 Å². The monoisotopic (exact) mass is 356 g/mol. The summed E-state index contributed by atoms with van der Waals surface area (Å²) < 4.78 is 0. The summed E-state index contributed by atoms with van der Waals surface area (Å²) in [5, 5.41) is 18.1. The van der Waals surface area contributed by atoms with Gasteiger partial charge in [-0.25, -0.2) is 0 Å². The Morgan fingerprint density at radius 3 is 1.32 bits per heavy atom. The summed E-state index contributed by atoms with van der Waals surface area (Å²) in [5.41, 5.74) is 0. The summed E-state index contributed by atoms with van der Waals surface area (Å²) >= 11 is 0. The highest BCUT2D eigenvalue weighted by Gasteiger charge is 2.29. The van der Waals surface area contributed by atoms with E-state index in [2.05, 4.69) is 6.92 Å². The van der Waals surface area contributed by atoms with E-state index in [1.54, 1.807) is 0 Å². The van der Waals surface area contributed by atoms with Crippen molar-refractivity contribution in [3.05, 3.63) is 0 Å². The van der Waals surface area contributed by atoms with Crippen LogP contribution < -0.4 is 0 Å². The molecular formula is C21H40O4. The standard InChI is InChI=1S/C21H40O4/c1-3-4-5-6-7-8-9-10-11-12-13-14-15-16-17-19(21(24)25)18(2)20(22)23/h18-19H,3-17H2,1-2H3,(H,22,23)(H,24,25). The lowest BCUT2D eigenvalue weighted by atomic mass is 9.89. The molecule has 0 spiro atoms. The molecule has 0 rings (SSSR count). The van der Waals surface area contributed by atoms with Gasteiger partial charge in [0.1, 0.15) is 0 Å². The van der Waals surface area contributed by atoms with E-state index in [9.17, 15) is 9.59 Å². The van der Waals surface area contributed by atoms with Gasteiger partial charge >= 0.3 is 11.9 Å². The Bertz CT molecular complexity index is 341. The van der Waals surface area contributed by atoms with Crippen molar-refractivity contribution < 1.29 is 19.8 Å². The van der Waals surface area contributed by atoms with Gasteiger partial charge in [-0.3, -0.25) is 9.59 Å². The van der Waals surface area contributed by atoms with Gasteiger partial charge in [-0.05, 0) is 6.42 Å². The minimum Gasteiger partial charge on any atom is -0.481 e. The summed E-state index contributed by atoms with van der Waals surface area (Å²) in [4.78, 5) is 22.1. The molecular weight excluding hydrogens is 316 g/mol. The van der Waals surface area contributed by atoms with Gasteiger partial charge in [-0.1, -0.05) is 104 Å². The quantitative estimate of drug-likeness (QED) is 0.283. The van der Waals surface area contributed by atoms with E-state index in [0.29, 0.717) is 6.42 Å². The summed E-state index contributed by atoms with van der Waals surface area (Å²) in [5.74, 6) is -3.56. The van der Waals surface area contributed by atoms with Gasteiger partial charge in [0.05, 0.1) is 11.8 Å². The molecule has 4 heteroatoms. The van der Waals surface area contributed by atoms with Crippen molar-refractivity contribution in [2.75, 3.05) is 0 Å². The second kappa shape index (κ2) is 16.4. The number of hydrogen-bond acceptors (Lipinski definition) is 2. The molecule has 0 aliphatic rings. The molecule has 0 saturated heterocycles. The van der Waals surface area contributed by atoms with Gasteiger partial charge in [0.25, 0.3) is 0 Å². The highest BCUT2D eigenvalue weighted by molar-refractivity contribution is 5.79. The second-order valence-electron chi connectivity index (χ2n) is 7.46. The van der Waals surface area contributed by atoms with Crippen LogP contribution in [-0.2, 0) is 9.59 Å². The molecule has 0 aliphatic carbocycles. The Morgan fingerprint density at radius 2 is 1.00 bits per heavy atom. The molecule has 25 heavy (non-hydrogen) atoms. The second-order valence-corrected chi connectivity index (χ2v) is 7.46. The fourth-order valence-electron chi connectivity index (χ4n) is 3.32. The maximum atomic E-state index is 11.1. The van der Waals surface area contributed by atoms with Crippen LogP contribution in [0.25, 0.3) is 0 Å². The Hall–Kier alpha value is -1.06. The predicted octanol–water partition coefficient (Wildman–Crippen LogP) is 6.28. The van der Waals surface area contributed by atoms with Crippen molar-refractivity contribution in [2.24, 2.45) is 11.8 Å². The van der Waals surface area contributed by atoms with E-state index >= 15 is 0 Å². The Balaban J connectivity index is 3.43. The van der Waals surface area contributed by atoms with E-state index < -0.39 is 23.8 Å². The average molecular weight is 357 g/mol. The maximum Gasteiger partial charge on any atom is 0.307 e. The van der Waals surface area contributed by atoms with Crippen LogP contribution in [0.3, 0.4) is 0 Å². The van der Waals surface area contributed by atoms with Crippen LogP contribution in [0.4, 0.5) is 0 Å². The van der Waals surface area contributed by atoms with Crippen LogP contribution >= 0.6 is 0 Å². The zero-order valence-corrected chi connectivity index (χ0v) is 16.5. The summed E-state index contributed by atoms with van der Waals surface area (Å²) in [6.45, 7) is 3.74. The molecule has 2 N–H and O–H groups in total. The molecule has 0 heterocycles. The first kappa shape index (κ1) is 23.9. The first-order valence-electron chi connectivity index (χ1n) is 10.5. The smallest absolute Gasteiger partial charge is 0.307 e. The van der Waals surface area contributed by atoms with Crippen molar-refractivity contribution in [1.29, 1.82) is 0 Å². The number of rotatable bonds is 18. The van der Waals surface area contributed by atoms with E-state index in [1.165, 1.54) is 77.6 Å². The van der Waals surface area contributed by atoms with Gasteiger partial charge in [-0.2, -0.15) is 0 Å². The van der Waals surface area contributed by atoms with Gasteiger partial charge in [0, 0.05) is 0 Å². The lowest BCUT2D eigenvalue weighted by molar-refractivity contribution is -0.153. The number of carboxylic acids is 2. The average Bonchev–Trinajstić information content (AvgIpc) is 2.57. The van der Waals surface area contributed by atoms with Gasteiger partial charge in [-0.15, -0.1) is 0 Å². The van der Waals surface area contributed by atoms with Gasteiger partial charge in [0.15, 0.2) is 0 Å². The maximum absolute atomic E-state index is 11.1. The predicted molar refractivity (Wildman–Crippen MR) is 103 cm³/mol. The van der Waals surface area contributed by atoms with E-state index in [1.807, 2.05) is 0 Å². The molecule has 4 nitrogen and oxygen atoms in total. The summed E-state index contributed by atoms with van der Waals surface area (Å²) in [6, 6.07) is 0. The zero-order chi connectivity index (χ0) is 18.9. The minimum absolute atomic E-state index is 0.473. The first-order valence-corrected chi connectivity index (χ1v) is 10.5. The van der Waals surface area contributed by atoms with Crippen LogP contribution in [0.2, 0.25) is 0 Å². The Morgan fingerprint density at radius 1 is 0.640 bits per heavy atom. The van der Waals surface area contributed by atoms with Crippen molar-refractivity contribution in [1.82, 2.24) is 0 Å². The molecule has 2 atom stereocenters. The molecule has 0 radical (unpaired) electrons. The number of aliphatic carboxylic acids is 2. The topological polar surface area (TPSA) is 74.6 Å². The normalized spacial score (nSPS) is 13.5. The lowest BCUT2D eigenvalue weighted by Crippen LogP contribution is -2.27. The van der Waals surface area contributed by atoms with Crippen molar-refractivity contribution in [2.45, 2.75) is 110 Å². The van der Waals surface area contributed by atoms with E-state index in [4.69, 9.17) is 10.2 Å². The fourth-order valence-corrected chi connectivity index (χ4v) is 3.32. The molecule has 0 amide bonds. The van der Waals surface area contributed by atoms with E-state index in [0.717, 1.165) is 19.3 Å². The van der Waals surface area contributed by atoms with Crippen LogP contribution in [0.1, 0.15) is 110 Å².